The van der Waals surface area contributed by atoms with Gasteiger partial charge in [-0.05, 0) is 25.5 Å². The van der Waals surface area contributed by atoms with Gasteiger partial charge in [0.1, 0.15) is 5.82 Å². The summed E-state index contributed by atoms with van der Waals surface area (Å²) in [5.74, 6) is 0.743. The molecule has 3 nitrogen and oxygen atoms in total. The Hall–Kier alpha value is -1.38. The van der Waals surface area contributed by atoms with Crippen LogP contribution < -0.4 is 5.32 Å². The van der Waals surface area contributed by atoms with Gasteiger partial charge in [0, 0.05) is 12.1 Å². The lowest BCUT2D eigenvalue weighted by Crippen LogP contribution is -2.12. The average molecular weight is 290 g/mol. The second kappa shape index (κ2) is 11.3. The summed E-state index contributed by atoms with van der Waals surface area (Å²) in [6.45, 7) is 4.17. The molecule has 0 fully saturated rings. The van der Waals surface area contributed by atoms with E-state index < -0.39 is 0 Å². The van der Waals surface area contributed by atoms with E-state index in [-0.39, 0.29) is 5.91 Å². The van der Waals surface area contributed by atoms with Crippen molar-refractivity contribution in [2.45, 2.75) is 78.1 Å². The first-order chi connectivity index (χ1) is 10.2. The van der Waals surface area contributed by atoms with Crippen LogP contribution in [0.5, 0.6) is 0 Å². The van der Waals surface area contributed by atoms with Crippen molar-refractivity contribution >= 4 is 11.7 Å². The van der Waals surface area contributed by atoms with Crippen molar-refractivity contribution in [3.63, 3.8) is 0 Å². The van der Waals surface area contributed by atoms with Gasteiger partial charge in [-0.2, -0.15) is 0 Å². The SMILES string of the molecule is CCCCCCCCCCCC(=O)Nc1cccc(C)n1. The van der Waals surface area contributed by atoms with E-state index in [9.17, 15) is 4.79 Å². The van der Waals surface area contributed by atoms with Crippen LogP contribution >= 0.6 is 0 Å². The summed E-state index contributed by atoms with van der Waals surface area (Å²) in [5, 5.41) is 2.86. The van der Waals surface area contributed by atoms with Gasteiger partial charge in [-0.15, -0.1) is 0 Å². The van der Waals surface area contributed by atoms with Gasteiger partial charge in [-0.1, -0.05) is 64.4 Å². The van der Waals surface area contributed by atoms with Crippen molar-refractivity contribution in [3.8, 4) is 0 Å². The van der Waals surface area contributed by atoms with Crippen LogP contribution in [0.3, 0.4) is 0 Å². The molecule has 0 aliphatic rings. The standard InChI is InChI=1S/C18H30N2O/c1-3-4-5-6-7-8-9-10-11-15-18(21)20-17-14-12-13-16(2)19-17/h12-14H,3-11,15H2,1-2H3,(H,19,20,21). The molecule has 1 rings (SSSR count). The van der Waals surface area contributed by atoms with Gasteiger partial charge < -0.3 is 5.32 Å². The number of nitrogens with one attached hydrogen (secondary N) is 1. The molecule has 1 amide bonds. The van der Waals surface area contributed by atoms with Gasteiger partial charge in [0.25, 0.3) is 0 Å². The molecular weight excluding hydrogens is 260 g/mol. The zero-order valence-corrected chi connectivity index (χ0v) is 13.7. The Balaban J connectivity index is 1.99. The van der Waals surface area contributed by atoms with Crippen LogP contribution in [0.15, 0.2) is 18.2 Å². The number of pyridine rings is 1. The molecule has 1 heterocycles. The van der Waals surface area contributed by atoms with Crippen molar-refractivity contribution in [2.75, 3.05) is 5.32 Å². The Morgan fingerprint density at radius 1 is 1.00 bits per heavy atom. The summed E-state index contributed by atoms with van der Waals surface area (Å²) in [6.07, 6.45) is 12.1. The molecule has 21 heavy (non-hydrogen) atoms. The van der Waals surface area contributed by atoms with Crippen LogP contribution in [0.2, 0.25) is 0 Å². The van der Waals surface area contributed by atoms with Crippen LogP contribution in [0.25, 0.3) is 0 Å². The van der Waals surface area contributed by atoms with Crippen molar-refractivity contribution < 1.29 is 4.79 Å². The number of nitrogens with zero attached hydrogens (tertiary/aromatic N) is 1. The number of hydrogen-bond donors (Lipinski definition) is 1. The first kappa shape index (κ1) is 17.7. The molecule has 0 radical (unpaired) electrons. The Morgan fingerprint density at radius 2 is 1.62 bits per heavy atom. The van der Waals surface area contributed by atoms with Crippen LogP contribution in [-0.4, -0.2) is 10.9 Å². The third-order valence-electron chi connectivity index (χ3n) is 3.66. The monoisotopic (exact) mass is 290 g/mol. The number of carbonyl (C=O) groups is 1. The first-order valence-electron chi connectivity index (χ1n) is 8.46. The second-order valence-corrected chi connectivity index (χ2v) is 5.79. The van der Waals surface area contributed by atoms with Gasteiger partial charge in [-0.3, -0.25) is 4.79 Å². The Kier molecular flexibility index (Phi) is 9.51. The topological polar surface area (TPSA) is 42.0 Å². The highest BCUT2D eigenvalue weighted by molar-refractivity contribution is 5.89. The van der Waals surface area contributed by atoms with Crippen molar-refractivity contribution in [1.82, 2.24) is 4.98 Å². The highest BCUT2D eigenvalue weighted by atomic mass is 16.1. The molecule has 0 unspecified atom stereocenters. The second-order valence-electron chi connectivity index (χ2n) is 5.79. The Labute approximate surface area is 129 Å². The number of unbranched alkanes of at least 4 members (excludes halogenated alkanes) is 8. The number of aryl methyl sites for hydroxylation is 1. The molecule has 118 valence electrons. The molecule has 0 saturated carbocycles. The highest BCUT2D eigenvalue weighted by Crippen LogP contribution is 2.11. The smallest absolute Gasteiger partial charge is 0.225 e. The molecule has 1 aromatic heterocycles. The summed E-state index contributed by atoms with van der Waals surface area (Å²) in [5.41, 5.74) is 0.927. The van der Waals surface area contributed by atoms with E-state index in [1.807, 2.05) is 25.1 Å². The van der Waals surface area contributed by atoms with E-state index in [4.69, 9.17) is 0 Å². The number of hydrogen-bond acceptors (Lipinski definition) is 2. The Morgan fingerprint density at radius 3 is 2.24 bits per heavy atom. The van der Waals surface area contributed by atoms with Gasteiger partial charge in [0.15, 0.2) is 0 Å². The number of aromatic nitrogens is 1. The fraction of sp³-hybridized carbons (Fsp3) is 0.667. The van der Waals surface area contributed by atoms with E-state index in [1.165, 1.54) is 44.9 Å². The first-order valence-corrected chi connectivity index (χ1v) is 8.46. The molecule has 3 heteroatoms. The predicted molar refractivity (Wildman–Crippen MR) is 89.4 cm³/mol. The highest BCUT2D eigenvalue weighted by Gasteiger charge is 2.03. The van der Waals surface area contributed by atoms with E-state index in [0.717, 1.165) is 18.5 Å². The maximum Gasteiger partial charge on any atom is 0.225 e. The van der Waals surface area contributed by atoms with E-state index in [1.54, 1.807) is 0 Å². The van der Waals surface area contributed by atoms with E-state index in [2.05, 4.69) is 17.2 Å². The minimum Gasteiger partial charge on any atom is -0.311 e. The van der Waals surface area contributed by atoms with Crippen LogP contribution in [0.4, 0.5) is 5.82 Å². The molecule has 0 aliphatic heterocycles. The largest absolute Gasteiger partial charge is 0.311 e. The van der Waals surface area contributed by atoms with Crippen LogP contribution in [0, 0.1) is 6.92 Å². The summed E-state index contributed by atoms with van der Waals surface area (Å²) in [6, 6.07) is 5.67. The molecule has 1 aromatic rings. The lowest BCUT2D eigenvalue weighted by Gasteiger charge is -2.05. The molecule has 0 bridgehead atoms. The third kappa shape index (κ3) is 9.22. The summed E-state index contributed by atoms with van der Waals surface area (Å²) in [7, 11) is 0. The molecular formula is C18H30N2O. The molecule has 0 saturated heterocycles. The van der Waals surface area contributed by atoms with Crippen LogP contribution in [0.1, 0.15) is 76.8 Å². The normalized spacial score (nSPS) is 10.6. The lowest BCUT2D eigenvalue weighted by molar-refractivity contribution is -0.116. The zero-order chi connectivity index (χ0) is 15.3. The summed E-state index contributed by atoms with van der Waals surface area (Å²) >= 11 is 0. The average Bonchev–Trinajstić information content (AvgIpc) is 2.45. The lowest BCUT2D eigenvalue weighted by atomic mass is 10.1. The number of rotatable bonds is 11. The van der Waals surface area contributed by atoms with Crippen LogP contribution in [-0.2, 0) is 4.79 Å². The maximum atomic E-state index is 11.8. The van der Waals surface area contributed by atoms with Gasteiger partial charge >= 0.3 is 0 Å². The fourth-order valence-electron chi connectivity index (χ4n) is 2.41. The Bertz CT molecular complexity index is 404. The van der Waals surface area contributed by atoms with E-state index >= 15 is 0 Å². The number of amides is 1. The summed E-state index contributed by atoms with van der Waals surface area (Å²) in [4.78, 5) is 16.1. The van der Waals surface area contributed by atoms with Gasteiger partial charge in [0.05, 0.1) is 0 Å². The quantitative estimate of drug-likeness (QED) is 0.565. The third-order valence-corrected chi connectivity index (χ3v) is 3.66. The predicted octanol–water partition coefficient (Wildman–Crippen LogP) is 5.25. The van der Waals surface area contributed by atoms with Crippen molar-refractivity contribution in [3.05, 3.63) is 23.9 Å². The fourth-order valence-corrected chi connectivity index (χ4v) is 2.41. The number of anilines is 1. The zero-order valence-electron chi connectivity index (χ0n) is 13.7. The van der Waals surface area contributed by atoms with Crippen molar-refractivity contribution in [2.24, 2.45) is 0 Å². The maximum absolute atomic E-state index is 11.8. The van der Waals surface area contributed by atoms with Crippen molar-refractivity contribution in [1.29, 1.82) is 0 Å². The number of carbonyl (C=O) groups excluding carboxylic acids is 1. The minimum absolute atomic E-state index is 0.0797. The molecule has 0 aromatic carbocycles. The molecule has 0 aliphatic carbocycles. The van der Waals surface area contributed by atoms with Gasteiger partial charge in [0.2, 0.25) is 5.91 Å². The summed E-state index contributed by atoms with van der Waals surface area (Å²) < 4.78 is 0. The molecule has 0 spiro atoms. The van der Waals surface area contributed by atoms with E-state index in [0.29, 0.717) is 12.2 Å². The van der Waals surface area contributed by atoms with Gasteiger partial charge in [-0.25, -0.2) is 4.98 Å². The minimum atomic E-state index is 0.0797. The molecule has 1 N–H and O–H groups in total. The molecule has 0 atom stereocenters.